The summed E-state index contributed by atoms with van der Waals surface area (Å²) < 4.78 is 33.2. The summed E-state index contributed by atoms with van der Waals surface area (Å²) in [6.07, 6.45) is 0.489. The highest BCUT2D eigenvalue weighted by Gasteiger charge is 2.34. The van der Waals surface area contributed by atoms with E-state index < -0.39 is 15.8 Å². The van der Waals surface area contributed by atoms with Gasteiger partial charge < -0.3 is 14.4 Å². The maximum absolute atomic E-state index is 12.3. The number of hydrogen-bond donors (Lipinski definition) is 0. The summed E-state index contributed by atoms with van der Waals surface area (Å²) in [5, 5.41) is 0. The third kappa shape index (κ3) is 5.45. The molecule has 1 atom stereocenters. The summed E-state index contributed by atoms with van der Waals surface area (Å²) in [7, 11) is -1.51. The molecule has 1 amide bonds. The van der Waals surface area contributed by atoms with Crippen LogP contribution in [0.1, 0.15) is 18.9 Å². The summed E-state index contributed by atoms with van der Waals surface area (Å²) in [5.41, 5.74) is 0.757. The van der Waals surface area contributed by atoms with E-state index in [4.69, 9.17) is 9.47 Å². The molecule has 0 aliphatic carbocycles. The molecule has 0 aromatic heterocycles. The van der Waals surface area contributed by atoms with E-state index >= 15 is 0 Å². The largest absolute Gasteiger partial charge is 0.497 e. The van der Waals surface area contributed by atoms with Gasteiger partial charge in [0.15, 0.2) is 16.4 Å². The molecule has 1 saturated heterocycles. The van der Waals surface area contributed by atoms with Gasteiger partial charge in [0.05, 0.1) is 25.0 Å². The lowest BCUT2D eigenvalue weighted by Gasteiger charge is -2.26. The molecule has 0 saturated carbocycles. The van der Waals surface area contributed by atoms with E-state index in [1.54, 1.807) is 38.3 Å². The molecule has 1 unspecified atom stereocenters. The van der Waals surface area contributed by atoms with Crippen molar-refractivity contribution in [1.82, 2.24) is 4.90 Å². The Kier molecular flexibility index (Phi) is 6.41. The first-order valence-electron chi connectivity index (χ1n) is 8.13. The number of carbonyl (C=O) groups excluding carboxylic acids is 2. The number of amides is 1. The molecule has 7 nitrogen and oxygen atoms in total. The zero-order valence-electron chi connectivity index (χ0n) is 14.4. The number of nitrogens with zero attached hydrogens (tertiary/aromatic N) is 1. The molecule has 0 radical (unpaired) electrons. The number of rotatable bonds is 7. The van der Waals surface area contributed by atoms with Gasteiger partial charge in [-0.3, -0.25) is 9.59 Å². The van der Waals surface area contributed by atoms with Crippen molar-refractivity contribution < 1.29 is 27.5 Å². The van der Waals surface area contributed by atoms with E-state index in [2.05, 4.69) is 0 Å². The number of benzene rings is 1. The SMILES string of the molecule is CCN(C(=O)COC(=O)Cc1ccc(OC)cc1)C1CCS(=O)(=O)C1. The smallest absolute Gasteiger partial charge is 0.310 e. The maximum Gasteiger partial charge on any atom is 0.310 e. The second-order valence-corrected chi connectivity index (χ2v) is 8.15. The van der Waals surface area contributed by atoms with Gasteiger partial charge in [-0.2, -0.15) is 0 Å². The van der Waals surface area contributed by atoms with Gasteiger partial charge in [0.2, 0.25) is 0 Å². The van der Waals surface area contributed by atoms with Crippen LogP contribution in [0.2, 0.25) is 0 Å². The fourth-order valence-corrected chi connectivity index (χ4v) is 4.58. The van der Waals surface area contributed by atoms with Crippen LogP contribution in [0.5, 0.6) is 5.75 Å². The Bertz CT molecular complexity index is 713. The van der Waals surface area contributed by atoms with Crippen molar-refractivity contribution in [3.63, 3.8) is 0 Å². The van der Waals surface area contributed by atoms with E-state index in [0.717, 1.165) is 5.56 Å². The minimum atomic E-state index is -3.07. The van der Waals surface area contributed by atoms with Gasteiger partial charge in [-0.1, -0.05) is 12.1 Å². The first-order valence-corrected chi connectivity index (χ1v) is 9.95. The Balaban J connectivity index is 1.84. The average molecular weight is 369 g/mol. The summed E-state index contributed by atoms with van der Waals surface area (Å²) in [6.45, 7) is 1.79. The molecule has 1 aliphatic rings. The first-order chi connectivity index (χ1) is 11.8. The maximum atomic E-state index is 12.3. The van der Waals surface area contributed by atoms with Crippen LogP contribution in [-0.2, 0) is 30.6 Å². The molecule has 0 spiro atoms. The molecule has 8 heteroatoms. The van der Waals surface area contributed by atoms with Crippen molar-refractivity contribution in [2.75, 3.05) is 31.8 Å². The molecule has 2 rings (SSSR count). The van der Waals surface area contributed by atoms with Crippen LogP contribution in [0.15, 0.2) is 24.3 Å². The number of hydrogen-bond acceptors (Lipinski definition) is 6. The standard InChI is InChI=1S/C17H23NO6S/c1-3-18(14-8-9-25(21,22)12-14)16(19)11-24-17(20)10-13-4-6-15(23-2)7-5-13/h4-7,14H,3,8-12H2,1-2H3. The fraction of sp³-hybridized carbons (Fsp3) is 0.529. The molecule has 1 heterocycles. The van der Waals surface area contributed by atoms with Gasteiger partial charge in [-0.05, 0) is 31.0 Å². The number of likely N-dealkylation sites (N-methyl/N-ethyl adjacent to an activating group) is 1. The zero-order chi connectivity index (χ0) is 18.4. The molecule has 0 N–H and O–H groups in total. The van der Waals surface area contributed by atoms with Crippen molar-refractivity contribution in [2.24, 2.45) is 0 Å². The van der Waals surface area contributed by atoms with Crippen LogP contribution < -0.4 is 4.74 Å². The third-order valence-corrected chi connectivity index (χ3v) is 5.92. The fourth-order valence-electron chi connectivity index (χ4n) is 2.85. The number of sulfone groups is 1. The van der Waals surface area contributed by atoms with E-state index in [-0.39, 0.29) is 36.5 Å². The van der Waals surface area contributed by atoms with Crippen LogP contribution in [0.25, 0.3) is 0 Å². The van der Waals surface area contributed by atoms with E-state index in [1.165, 1.54) is 4.90 Å². The van der Waals surface area contributed by atoms with Gasteiger partial charge in [0.1, 0.15) is 5.75 Å². The summed E-state index contributed by atoms with van der Waals surface area (Å²) >= 11 is 0. The monoisotopic (exact) mass is 369 g/mol. The normalized spacial score (nSPS) is 18.6. The first kappa shape index (κ1) is 19.2. The number of carbonyl (C=O) groups is 2. The quantitative estimate of drug-likeness (QED) is 0.661. The van der Waals surface area contributed by atoms with Gasteiger partial charge in [-0.15, -0.1) is 0 Å². The molecule has 25 heavy (non-hydrogen) atoms. The average Bonchev–Trinajstić information content (AvgIpc) is 2.94. The number of ether oxygens (including phenoxy) is 2. The van der Waals surface area contributed by atoms with Crippen molar-refractivity contribution in [2.45, 2.75) is 25.8 Å². The lowest BCUT2D eigenvalue weighted by atomic mass is 10.1. The second-order valence-electron chi connectivity index (χ2n) is 5.92. The van der Waals surface area contributed by atoms with Crippen LogP contribution in [0.3, 0.4) is 0 Å². The van der Waals surface area contributed by atoms with Crippen molar-refractivity contribution in [1.29, 1.82) is 0 Å². The molecule has 138 valence electrons. The molecular formula is C17H23NO6S. The Morgan fingerprint density at radius 1 is 1.24 bits per heavy atom. The highest BCUT2D eigenvalue weighted by Crippen LogP contribution is 2.18. The van der Waals surface area contributed by atoms with Crippen molar-refractivity contribution in [3.05, 3.63) is 29.8 Å². The van der Waals surface area contributed by atoms with Crippen LogP contribution in [0, 0.1) is 0 Å². The lowest BCUT2D eigenvalue weighted by molar-refractivity contribution is -0.152. The molecule has 0 bridgehead atoms. The van der Waals surface area contributed by atoms with E-state index in [9.17, 15) is 18.0 Å². The lowest BCUT2D eigenvalue weighted by Crippen LogP contribution is -2.43. The van der Waals surface area contributed by atoms with Crippen LogP contribution in [-0.4, -0.2) is 63.0 Å². The molecule has 1 aromatic carbocycles. The Hall–Kier alpha value is -2.09. The Morgan fingerprint density at radius 2 is 1.92 bits per heavy atom. The number of esters is 1. The van der Waals surface area contributed by atoms with E-state index in [1.807, 2.05) is 0 Å². The Morgan fingerprint density at radius 3 is 2.44 bits per heavy atom. The van der Waals surface area contributed by atoms with Crippen LogP contribution >= 0.6 is 0 Å². The predicted octanol–water partition coefficient (Wildman–Crippen LogP) is 0.817. The van der Waals surface area contributed by atoms with E-state index in [0.29, 0.717) is 18.7 Å². The minimum absolute atomic E-state index is 0.0215. The molecule has 1 fully saturated rings. The van der Waals surface area contributed by atoms with Gasteiger partial charge in [0, 0.05) is 12.6 Å². The van der Waals surface area contributed by atoms with Crippen molar-refractivity contribution >= 4 is 21.7 Å². The molecule has 1 aliphatic heterocycles. The molecular weight excluding hydrogens is 346 g/mol. The van der Waals surface area contributed by atoms with Gasteiger partial charge >= 0.3 is 5.97 Å². The van der Waals surface area contributed by atoms with Gasteiger partial charge in [-0.25, -0.2) is 8.42 Å². The number of methoxy groups -OCH3 is 1. The van der Waals surface area contributed by atoms with Gasteiger partial charge in [0.25, 0.3) is 5.91 Å². The zero-order valence-corrected chi connectivity index (χ0v) is 15.3. The predicted molar refractivity (Wildman–Crippen MR) is 92.1 cm³/mol. The van der Waals surface area contributed by atoms with Crippen LogP contribution in [0.4, 0.5) is 0 Å². The van der Waals surface area contributed by atoms with Crippen molar-refractivity contribution in [3.8, 4) is 5.75 Å². The summed E-state index contributed by atoms with van der Waals surface area (Å²) in [5.74, 6) is -0.107. The summed E-state index contributed by atoms with van der Waals surface area (Å²) in [4.78, 5) is 25.6. The third-order valence-electron chi connectivity index (χ3n) is 4.17. The summed E-state index contributed by atoms with van der Waals surface area (Å²) in [6, 6.07) is 6.66. The second kappa shape index (κ2) is 8.33. The highest BCUT2D eigenvalue weighted by atomic mass is 32.2. The minimum Gasteiger partial charge on any atom is -0.497 e. The highest BCUT2D eigenvalue weighted by molar-refractivity contribution is 7.91. The molecule has 1 aromatic rings. The topological polar surface area (TPSA) is 90.0 Å². The Labute approximate surface area is 147 Å².